The van der Waals surface area contributed by atoms with Gasteiger partial charge in [-0.15, -0.1) is 11.3 Å². The van der Waals surface area contributed by atoms with Crippen molar-refractivity contribution in [1.29, 1.82) is 0 Å². The van der Waals surface area contributed by atoms with Crippen LogP contribution in [0.2, 0.25) is 0 Å². The van der Waals surface area contributed by atoms with Gasteiger partial charge in [-0.1, -0.05) is 6.07 Å². The van der Waals surface area contributed by atoms with Gasteiger partial charge >= 0.3 is 0 Å². The van der Waals surface area contributed by atoms with Gasteiger partial charge in [0.25, 0.3) is 5.91 Å². The molecule has 0 unspecified atom stereocenters. The second-order valence-corrected chi connectivity index (χ2v) is 7.42. The Labute approximate surface area is 157 Å². The molecule has 2 aromatic rings. The summed E-state index contributed by atoms with van der Waals surface area (Å²) in [5, 5.41) is 5.78. The zero-order valence-corrected chi connectivity index (χ0v) is 15.9. The summed E-state index contributed by atoms with van der Waals surface area (Å²) in [6, 6.07) is 5.61. The predicted octanol–water partition coefficient (Wildman–Crippen LogP) is 1.70. The minimum absolute atomic E-state index is 0.0982. The Morgan fingerprint density at radius 2 is 2.35 bits per heavy atom. The number of amides is 1. The lowest BCUT2D eigenvalue weighted by Crippen LogP contribution is -2.50. The number of hydrogen-bond donors (Lipinski definition) is 1. The second-order valence-electron chi connectivity index (χ2n) is 6.48. The molecule has 26 heavy (non-hydrogen) atoms. The van der Waals surface area contributed by atoms with E-state index in [0.717, 1.165) is 17.2 Å². The van der Waals surface area contributed by atoms with Gasteiger partial charge in [-0.2, -0.15) is 0 Å². The fourth-order valence-corrected chi connectivity index (χ4v) is 3.61. The standard InChI is InChI=1S/C18H24N4O3S/c1-22(2)9-17-20-15(12-26-17)18(23)21-14-6-8-24-11-16(14)25-10-13-5-3-4-7-19-13/h3-5,7,12,14,16H,6,8-11H2,1-2H3,(H,21,23)/t14-,16-/m1/s1. The summed E-state index contributed by atoms with van der Waals surface area (Å²) >= 11 is 1.50. The van der Waals surface area contributed by atoms with Crippen molar-refractivity contribution in [2.45, 2.75) is 31.7 Å². The summed E-state index contributed by atoms with van der Waals surface area (Å²) < 4.78 is 11.5. The molecule has 0 bridgehead atoms. The van der Waals surface area contributed by atoms with Crippen LogP contribution in [0.5, 0.6) is 0 Å². The molecule has 1 aliphatic heterocycles. The van der Waals surface area contributed by atoms with E-state index in [1.54, 1.807) is 11.6 Å². The number of rotatable bonds is 7. The van der Waals surface area contributed by atoms with E-state index in [9.17, 15) is 4.79 Å². The Hall–Kier alpha value is -1.87. The van der Waals surface area contributed by atoms with Crippen LogP contribution >= 0.6 is 11.3 Å². The van der Waals surface area contributed by atoms with Crippen LogP contribution in [0, 0.1) is 0 Å². The quantitative estimate of drug-likeness (QED) is 0.793. The summed E-state index contributed by atoms with van der Waals surface area (Å²) in [7, 11) is 3.96. The summed E-state index contributed by atoms with van der Waals surface area (Å²) in [4.78, 5) is 23.2. The SMILES string of the molecule is CN(C)Cc1nc(C(=O)N[C@@H]2CCOC[C@H]2OCc2ccccn2)cs1. The normalized spacial score (nSPS) is 20.3. The van der Waals surface area contributed by atoms with Crippen molar-refractivity contribution in [3.8, 4) is 0 Å². The summed E-state index contributed by atoms with van der Waals surface area (Å²) in [6.07, 6.45) is 2.26. The molecular weight excluding hydrogens is 352 g/mol. The van der Waals surface area contributed by atoms with Crippen molar-refractivity contribution in [3.05, 3.63) is 46.2 Å². The molecule has 0 saturated carbocycles. The van der Waals surface area contributed by atoms with Gasteiger partial charge in [0.2, 0.25) is 0 Å². The van der Waals surface area contributed by atoms with Gasteiger partial charge in [-0.3, -0.25) is 9.78 Å². The van der Waals surface area contributed by atoms with Crippen molar-refractivity contribution in [3.63, 3.8) is 0 Å². The Balaban J connectivity index is 1.57. The summed E-state index contributed by atoms with van der Waals surface area (Å²) in [6.45, 7) is 2.19. The highest BCUT2D eigenvalue weighted by atomic mass is 32.1. The number of nitrogens with zero attached hydrogens (tertiary/aromatic N) is 3. The van der Waals surface area contributed by atoms with Gasteiger partial charge in [0, 0.05) is 24.7 Å². The maximum Gasteiger partial charge on any atom is 0.271 e. The van der Waals surface area contributed by atoms with Crippen molar-refractivity contribution in [2.24, 2.45) is 0 Å². The van der Waals surface area contributed by atoms with Crippen LogP contribution in [0.25, 0.3) is 0 Å². The highest BCUT2D eigenvalue weighted by Gasteiger charge is 2.29. The van der Waals surface area contributed by atoms with Crippen molar-refractivity contribution < 1.29 is 14.3 Å². The Morgan fingerprint density at radius 3 is 3.12 bits per heavy atom. The molecule has 0 aromatic carbocycles. The number of nitrogens with one attached hydrogen (secondary N) is 1. The lowest BCUT2D eigenvalue weighted by Gasteiger charge is -2.31. The molecule has 1 amide bonds. The Bertz CT molecular complexity index is 707. The highest BCUT2D eigenvalue weighted by molar-refractivity contribution is 7.09. The van der Waals surface area contributed by atoms with Gasteiger partial charge < -0.3 is 19.7 Å². The molecule has 1 aliphatic rings. The number of ether oxygens (including phenoxy) is 2. The zero-order chi connectivity index (χ0) is 18.4. The topological polar surface area (TPSA) is 76.6 Å². The number of carbonyl (C=O) groups excluding carboxylic acids is 1. The molecule has 0 radical (unpaired) electrons. The first-order valence-electron chi connectivity index (χ1n) is 8.61. The number of aromatic nitrogens is 2. The van der Waals surface area contributed by atoms with Gasteiger partial charge in [-0.25, -0.2) is 4.98 Å². The molecule has 8 heteroatoms. The molecular formula is C18H24N4O3S. The maximum absolute atomic E-state index is 12.5. The average Bonchev–Trinajstić information content (AvgIpc) is 3.10. The highest BCUT2D eigenvalue weighted by Crippen LogP contribution is 2.16. The minimum Gasteiger partial charge on any atom is -0.379 e. The van der Waals surface area contributed by atoms with Crippen molar-refractivity contribution in [2.75, 3.05) is 27.3 Å². The van der Waals surface area contributed by atoms with Gasteiger partial charge in [0.1, 0.15) is 16.8 Å². The second kappa shape index (κ2) is 9.18. The third kappa shape index (κ3) is 5.31. The van der Waals surface area contributed by atoms with Crippen LogP contribution in [-0.4, -0.2) is 60.2 Å². The van der Waals surface area contributed by atoms with E-state index in [0.29, 0.717) is 31.9 Å². The number of carbonyl (C=O) groups is 1. The van der Waals surface area contributed by atoms with E-state index < -0.39 is 0 Å². The van der Waals surface area contributed by atoms with Crippen LogP contribution in [0.1, 0.15) is 27.6 Å². The molecule has 7 nitrogen and oxygen atoms in total. The van der Waals surface area contributed by atoms with Gasteiger partial charge in [-0.05, 0) is 32.6 Å². The molecule has 2 atom stereocenters. The molecule has 140 valence electrons. The van der Waals surface area contributed by atoms with Crippen LogP contribution in [0.4, 0.5) is 0 Å². The molecule has 0 spiro atoms. The Kier molecular flexibility index (Phi) is 6.67. The van der Waals surface area contributed by atoms with Gasteiger partial charge in [0.15, 0.2) is 0 Å². The van der Waals surface area contributed by atoms with Crippen LogP contribution in [-0.2, 0) is 22.6 Å². The van der Waals surface area contributed by atoms with E-state index in [1.165, 1.54) is 11.3 Å². The van der Waals surface area contributed by atoms with Crippen LogP contribution in [0.3, 0.4) is 0 Å². The summed E-state index contributed by atoms with van der Waals surface area (Å²) in [5.41, 5.74) is 1.32. The predicted molar refractivity (Wildman–Crippen MR) is 99.0 cm³/mol. The van der Waals surface area contributed by atoms with E-state index in [2.05, 4.69) is 15.3 Å². The van der Waals surface area contributed by atoms with Crippen molar-refractivity contribution in [1.82, 2.24) is 20.2 Å². The minimum atomic E-state index is -0.199. The molecule has 3 rings (SSSR count). The third-order valence-electron chi connectivity index (χ3n) is 4.03. The lowest BCUT2D eigenvalue weighted by atomic mass is 10.1. The summed E-state index contributed by atoms with van der Waals surface area (Å²) in [5.74, 6) is -0.162. The van der Waals surface area contributed by atoms with E-state index >= 15 is 0 Å². The molecule has 1 saturated heterocycles. The largest absolute Gasteiger partial charge is 0.379 e. The smallest absolute Gasteiger partial charge is 0.271 e. The Morgan fingerprint density at radius 1 is 1.46 bits per heavy atom. The maximum atomic E-state index is 12.5. The van der Waals surface area contributed by atoms with E-state index in [-0.39, 0.29) is 18.1 Å². The molecule has 3 heterocycles. The van der Waals surface area contributed by atoms with Crippen molar-refractivity contribution >= 4 is 17.2 Å². The molecule has 0 aliphatic carbocycles. The fourth-order valence-electron chi connectivity index (χ4n) is 2.72. The number of hydrogen-bond acceptors (Lipinski definition) is 7. The zero-order valence-electron chi connectivity index (χ0n) is 15.1. The van der Waals surface area contributed by atoms with E-state index in [4.69, 9.17) is 9.47 Å². The lowest BCUT2D eigenvalue weighted by molar-refractivity contribution is -0.0743. The first kappa shape index (κ1) is 18.9. The van der Waals surface area contributed by atoms with Crippen LogP contribution in [0.15, 0.2) is 29.8 Å². The van der Waals surface area contributed by atoms with Gasteiger partial charge in [0.05, 0.1) is 24.9 Å². The molecule has 1 N–H and O–H groups in total. The number of pyridine rings is 1. The third-order valence-corrected chi connectivity index (χ3v) is 4.86. The first-order valence-corrected chi connectivity index (χ1v) is 9.49. The van der Waals surface area contributed by atoms with Crippen LogP contribution < -0.4 is 5.32 Å². The molecule has 2 aromatic heterocycles. The first-order chi connectivity index (χ1) is 12.6. The van der Waals surface area contributed by atoms with E-state index in [1.807, 2.05) is 37.2 Å². The fraction of sp³-hybridized carbons (Fsp3) is 0.500. The molecule has 1 fully saturated rings. The average molecular weight is 376 g/mol. The monoisotopic (exact) mass is 376 g/mol. The number of thiazole rings is 1.